The number of nitro groups is 1. The summed E-state index contributed by atoms with van der Waals surface area (Å²) in [6.45, 7) is 1.87. The molecule has 1 rings (SSSR count). The van der Waals surface area contributed by atoms with Gasteiger partial charge in [0.2, 0.25) is 6.54 Å². The van der Waals surface area contributed by atoms with Gasteiger partial charge in [0.25, 0.3) is 0 Å². The second-order valence-corrected chi connectivity index (χ2v) is 4.47. The molecule has 18 heavy (non-hydrogen) atoms. The lowest BCUT2D eigenvalue weighted by molar-refractivity contribution is -0.484. The average molecular weight is 249 g/mol. The highest BCUT2D eigenvalue weighted by Crippen LogP contribution is 2.27. The minimum atomic E-state index is -0.333. The van der Waals surface area contributed by atoms with Gasteiger partial charge in [-0.15, -0.1) is 0 Å². The number of rotatable bonds is 8. The Morgan fingerprint density at radius 1 is 1.33 bits per heavy atom. The monoisotopic (exact) mass is 249 g/mol. The molecule has 0 saturated heterocycles. The maximum absolute atomic E-state index is 11.2. The normalized spacial score (nSPS) is 13.8. The van der Waals surface area contributed by atoms with Gasteiger partial charge in [-0.05, 0) is 12.0 Å². The summed E-state index contributed by atoms with van der Waals surface area (Å²) in [6.07, 6.45) is 3.50. The zero-order valence-electron chi connectivity index (χ0n) is 10.6. The molecule has 0 aliphatic rings. The number of nitrogens with zero attached hydrogens (tertiary/aromatic N) is 1. The van der Waals surface area contributed by atoms with Gasteiger partial charge < -0.3 is 4.79 Å². The number of hydrogen-bond acceptors (Lipinski definition) is 3. The van der Waals surface area contributed by atoms with Crippen molar-refractivity contribution >= 4 is 6.29 Å². The molecule has 0 unspecified atom stereocenters. The molecule has 4 nitrogen and oxygen atoms in total. The minimum absolute atomic E-state index is 0.183. The summed E-state index contributed by atoms with van der Waals surface area (Å²) in [5, 5.41) is 10.8. The van der Waals surface area contributed by atoms with Gasteiger partial charge in [0, 0.05) is 10.8 Å². The third-order valence-corrected chi connectivity index (χ3v) is 3.16. The molecule has 0 N–H and O–H groups in total. The largest absolute Gasteiger partial charge is 0.303 e. The Labute approximate surface area is 107 Å². The third-order valence-electron chi connectivity index (χ3n) is 3.16. The molecule has 0 bridgehead atoms. The number of benzene rings is 1. The van der Waals surface area contributed by atoms with E-state index in [1.807, 2.05) is 37.3 Å². The van der Waals surface area contributed by atoms with Crippen LogP contribution in [0.1, 0.15) is 37.7 Å². The van der Waals surface area contributed by atoms with E-state index in [1.54, 1.807) is 0 Å². The molecular weight excluding hydrogens is 230 g/mol. The van der Waals surface area contributed by atoms with Gasteiger partial charge in [-0.2, -0.15) is 0 Å². The van der Waals surface area contributed by atoms with Gasteiger partial charge >= 0.3 is 0 Å². The fourth-order valence-corrected chi connectivity index (χ4v) is 2.15. The zero-order valence-corrected chi connectivity index (χ0v) is 10.6. The molecule has 98 valence electrons. The van der Waals surface area contributed by atoms with Crippen LogP contribution in [0.5, 0.6) is 0 Å². The van der Waals surface area contributed by atoms with Gasteiger partial charge in [0.15, 0.2) is 0 Å². The lowest BCUT2D eigenvalue weighted by Gasteiger charge is -2.19. The maximum Gasteiger partial charge on any atom is 0.211 e. The lowest BCUT2D eigenvalue weighted by atomic mass is 9.84. The number of aldehydes is 1. The summed E-state index contributed by atoms with van der Waals surface area (Å²) < 4.78 is 0. The van der Waals surface area contributed by atoms with Crippen LogP contribution in [-0.2, 0) is 4.79 Å². The smallest absolute Gasteiger partial charge is 0.211 e. The fourth-order valence-electron chi connectivity index (χ4n) is 2.15. The highest BCUT2D eigenvalue weighted by atomic mass is 16.6. The third kappa shape index (κ3) is 4.28. The standard InChI is InChI=1S/C14H19NO3/c1-2-3-7-13(11-16)14(10-15(17)18)12-8-5-4-6-9-12/h4-6,8-9,11,13-14H,2-3,7,10H2,1H3/t13-,14+/m1/s1. The Hall–Kier alpha value is -1.71. The molecule has 4 heteroatoms. The molecule has 0 aliphatic heterocycles. The van der Waals surface area contributed by atoms with Crippen LogP contribution in [0.15, 0.2) is 30.3 Å². The Bertz CT molecular complexity index is 378. The first kappa shape index (κ1) is 14.4. The predicted molar refractivity (Wildman–Crippen MR) is 70.1 cm³/mol. The van der Waals surface area contributed by atoms with Crippen molar-refractivity contribution in [2.24, 2.45) is 5.92 Å². The van der Waals surface area contributed by atoms with Crippen LogP contribution in [0.2, 0.25) is 0 Å². The Balaban J connectivity index is 2.88. The van der Waals surface area contributed by atoms with Crippen molar-refractivity contribution in [2.75, 3.05) is 6.54 Å². The first-order valence-corrected chi connectivity index (χ1v) is 6.31. The van der Waals surface area contributed by atoms with Crippen LogP contribution in [0.3, 0.4) is 0 Å². The summed E-state index contributed by atoms with van der Waals surface area (Å²) in [6, 6.07) is 9.29. The van der Waals surface area contributed by atoms with Crippen LogP contribution < -0.4 is 0 Å². The molecule has 0 saturated carbocycles. The topological polar surface area (TPSA) is 60.2 Å². The van der Waals surface area contributed by atoms with Gasteiger partial charge in [0.05, 0.1) is 5.92 Å². The summed E-state index contributed by atoms with van der Waals surface area (Å²) in [5.41, 5.74) is 0.877. The van der Waals surface area contributed by atoms with Crippen molar-refractivity contribution in [3.8, 4) is 0 Å². The summed E-state index contributed by atoms with van der Waals surface area (Å²) in [7, 11) is 0. The van der Waals surface area contributed by atoms with E-state index >= 15 is 0 Å². The van der Waals surface area contributed by atoms with Crippen LogP contribution >= 0.6 is 0 Å². The van der Waals surface area contributed by atoms with Gasteiger partial charge in [-0.25, -0.2) is 0 Å². The molecular formula is C14H19NO3. The van der Waals surface area contributed by atoms with E-state index in [9.17, 15) is 14.9 Å². The number of carbonyl (C=O) groups excluding carboxylic acids is 1. The van der Waals surface area contributed by atoms with E-state index in [1.165, 1.54) is 0 Å². The van der Waals surface area contributed by atoms with Gasteiger partial charge in [-0.1, -0.05) is 50.1 Å². The van der Waals surface area contributed by atoms with Crippen LogP contribution in [0.4, 0.5) is 0 Å². The highest BCUT2D eigenvalue weighted by molar-refractivity contribution is 5.56. The van der Waals surface area contributed by atoms with Crippen molar-refractivity contribution in [3.63, 3.8) is 0 Å². The number of unbranched alkanes of at least 4 members (excludes halogenated alkanes) is 1. The van der Waals surface area contributed by atoms with E-state index in [0.717, 1.165) is 24.7 Å². The average Bonchev–Trinajstić information content (AvgIpc) is 2.39. The molecule has 0 amide bonds. The van der Waals surface area contributed by atoms with Crippen molar-refractivity contribution < 1.29 is 9.72 Å². The van der Waals surface area contributed by atoms with Crippen LogP contribution in [-0.4, -0.2) is 17.8 Å². The molecule has 0 fully saturated rings. The first-order valence-electron chi connectivity index (χ1n) is 6.31. The molecule has 0 aliphatic carbocycles. The molecule has 0 heterocycles. The second kappa shape index (κ2) is 7.58. The molecule has 0 radical (unpaired) electrons. The minimum Gasteiger partial charge on any atom is -0.303 e. The van der Waals surface area contributed by atoms with E-state index in [2.05, 4.69) is 0 Å². The van der Waals surface area contributed by atoms with E-state index in [0.29, 0.717) is 6.42 Å². The maximum atomic E-state index is 11.2. The number of hydrogen-bond donors (Lipinski definition) is 0. The Kier molecular flexibility index (Phi) is 6.05. The first-order chi connectivity index (χ1) is 8.69. The van der Waals surface area contributed by atoms with E-state index in [-0.39, 0.29) is 23.3 Å². The van der Waals surface area contributed by atoms with Crippen molar-refractivity contribution in [1.29, 1.82) is 0 Å². The SMILES string of the molecule is CCCC[C@H](C=O)[C@@H](C[N+](=O)[O-])c1ccccc1. The van der Waals surface area contributed by atoms with Crippen molar-refractivity contribution in [2.45, 2.75) is 32.1 Å². The van der Waals surface area contributed by atoms with Crippen LogP contribution in [0.25, 0.3) is 0 Å². The highest BCUT2D eigenvalue weighted by Gasteiger charge is 2.26. The summed E-state index contributed by atoms with van der Waals surface area (Å²) in [5.74, 6) is -0.581. The van der Waals surface area contributed by atoms with Crippen molar-refractivity contribution in [1.82, 2.24) is 0 Å². The van der Waals surface area contributed by atoms with E-state index < -0.39 is 0 Å². The second-order valence-electron chi connectivity index (χ2n) is 4.47. The quantitative estimate of drug-likeness (QED) is 0.404. The predicted octanol–water partition coefficient (Wildman–Crippen LogP) is 3.05. The summed E-state index contributed by atoms with van der Waals surface area (Å²) >= 11 is 0. The Morgan fingerprint density at radius 3 is 2.50 bits per heavy atom. The van der Waals surface area contributed by atoms with E-state index in [4.69, 9.17) is 0 Å². The molecule has 1 aromatic rings. The summed E-state index contributed by atoms with van der Waals surface area (Å²) in [4.78, 5) is 21.6. The molecule has 0 aromatic heterocycles. The van der Waals surface area contributed by atoms with Crippen molar-refractivity contribution in [3.05, 3.63) is 46.0 Å². The number of carbonyl (C=O) groups is 1. The van der Waals surface area contributed by atoms with Crippen LogP contribution in [0, 0.1) is 16.0 Å². The zero-order chi connectivity index (χ0) is 13.4. The molecule has 0 spiro atoms. The lowest BCUT2D eigenvalue weighted by Crippen LogP contribution is -2.22. The van der Waals surface area contributed by atoms with Gasteiger partial charge in [-0.3, -0.25) is 10.1 Å². The van der Waals surface area contributed by atoms with Gasteiger partial charge in [0.1, 0.15) is 6.29 Å². The molecule has 2 atom stereocenters. The Morgan fingerprint density at radius 2 is 2.00 bits per heavy atom. The molecule has 1 aromatic carbocycles. The fraction of sp³-hybridized carbons (Fsp3) is 0.500.